The van der Waals surface area contributed by atoms with Crippen LogP contribution in [-0.2, 0) is 4.74 Å². The molecule has 3 heteroatoms. The van der Waals surface area contributed by atoms with Gasteiger partial charge in [-0.1, -0.05) is 0 Å². The first-order valence-corrected chi connectivity index (χ1v) is 1.08. The van der Waals surface area contributed by atoms with E-state index >= 15 is 0 Å². The fraction of sp³-hybridized carbons (Fsp3) is 1.00. The summed E-state index contributed by atoms with van der Waals surface area (Å²) < 4.78 is 4.50. The fourth-order valence-electron chi connectivity index (χ4n) is 0. The van der Waals surface area contributed by atoms with Gasteiger partial charge in [-0.2, -0.15) is 0 Å². The minimum Gasteiger partial charge on any atom is -0.377 e. The Morgan fingerprint density at radius 2 is 1.20 bits per heavy atom. The third-order valence-electron chi connectivity index (χ3n) is 0.204. The number of halogens is 2. The third-order valence-corrected chi connectivity index (χ3v) is 0.204. The number of epoxide rings is 1. The van der Waals surface area contributed by atoms with E-state index in [0.29, 0.717) is 0 Å². The summed E-state index contributed by atoms with van der Waals surface area (Å²) in [7, 11) is 0. The topological polar surface area (TPSA) is 12.5 Å². The van der Waals surface area contributed by atoms with Gasteiger partial charge in [0.05, 0.1) is 13.2 Å². The Labute approximate surface area is 43.5 Å². The Balaban J connectivity index is 0. The van der Waals surface area contributed by atoms with Crippen LogP contribution >= 0.6 is 24.8 Å². The van der Waals surface area contributed by atoms with Gasteiger partial charge in [-0.25, -0.2) is 0 Å². The average molecular weight is 117 g/mol. The molecule has 5 heavy (non-hydrogen) atoms. The molecule has 0 saturated carbocycles. The maximum atomic E-state index is 4.50. The molecule has 1 aliphatic rings. The normalized spacial score (nSPS) is 14.4. The second-order valence-corrected chi connectivity index (χ2v) is 0.612. The van der Waals surface area contributed by atoms with Crippen LogP contribution in [0.15, 0.2) is 0 Å². The highest BCUT2D eigenvalue weighted by Gasteiger charge is 1.94. The van der Waals surface area contributed by atoms with Crippen LogP contribution in [0, 0.1) is 0 Å². The Hall–Kier alpha value is 0.540. The second-order valence-electron chi connectivity index (χ2n) is 0.612. The van der Waals surface area contributed by atoms with Crippen LogP contribution in [0.4, 0.5) is 0 Å². The molecular formula is C2H6Cl2O. The van der Waals surface area contributed by atoms with Gasteiger partial charge in [0.15, 0.2) is 0 Å². The summed E-state index contributed by atoms with van der Waals surface area (Å²) in [5, 5.41) is 0. The minimum absolute atomic E-state index is 0. The molecule has 34 valence electrons. The van der Waals surface area contributed by atoms with E-state index in [1.807, 2.05) is 0 Å². The van der Waals surface area contributed by atoms with Crippen molar-refractivity contribution in [1.82, 2.24) is 0 Å². The molecule has 0 unspecified atom stereocenters. The van der Waals surface area contributed by atoms with Crippen LogP contribution in [-0.4, -0.2) is 13.2 Å². The summed E-state index contributed by atoms with van der Waals surface area (Å²) in [5.41, 5.74) is 0. The van der Waals surface area contributed by atoms with Crippen molar-refractivity contribution < 1.29 is 4.74 Å². The van der Waals surface area contributed by atoms with Gasteiger partial charge in [-0.05, 0) is 0 Å². The summed E-state index contributed by atoms with van der Waals surface area (Å²) in [4.78, 5) is 0. The fourth-order valence-corrected chi connectivity index (χ4v) is 0. The number of rotatable bonds is 0. The molecule has 0 aromatic carbocycles. The standard InChI is InChI=1S/C2H4O.2ClH/c1-2-3-1;;/h1-2H2;2*1H. The average Bonchev–Trinajstić information content (AvgIpc) is 1.46. The highest BCUT2D eigenvalue weighted by atomic mass is 35.5. The van der Waals surface area contributed by atoms with Gasteiger partial charge in [0.1, 0.15) is 0 Å². The molecule has 0 aromatic heterocycles. The van der Waals surface area contributed by atoms with E-state index in [1.54, 1.807) is 0 Å². The zero-order valence-electron chi connectivity index (χ0n) is 2.64. The molecule has 0 spiro atoms. The van der Waals surface area contributed by atoms with Gasteiger partial charge in [0.25, 0.3) is 0 Å². The van der Waals surface area contributed by atoms with E-state index in [1.165, 1.54) is 0 Å². The van der Waals surface area contributed by atoms with E-state index in [2.05, 4.69) is 4.74 Å². The molecule has 0 bridgehead atoms. The van der Waals surface area contributed by atoms with E-state index in [9.17, 15) is 0 Å². The van der Waals surface area contributed by atoms with Crippen molar-refractivity contribution in [2.24, 2.45) is 0 Å². The molecule has 1 fully saturated rings. The maximum absolute atomic E-state index is 4.50. The molecule has 1 rings (SSSR count). The first-order chi connectivity index (χ1) is 1.50. The largest absolute Gasteiger partial charge is 0.377 e. The van der Waals surface area contributed by atoms with E-state index in [4.69, 9.17) is 0 Å². The van der Waals surface area contributed by atoms with Crippen molar-refractivity contribution in [3.63, 3.8) is 0 Å². The van der Waals surface area contributed by atoms with Crippen LogP contribution in [0.5, 0.6) is 0 Å². The third kappa shape index (κ3) is 12.4. The van der Waals surface area contributed by atoms with Crippen LogP contribution in [0.3, 0.4) is 0 Å². The quantitative estimate of drug-likeness (QED) is 0.428. The van der Waals surface area contributed by atoms with Gasteiger partial charge >= 0.3 is 0 Å². The van der Waals surface area contributed by atoms with Crippen LogP contribution < -0.4 is 0 Å². The predicted octanol–water partition coefficient (Wildman–Crippen LogP) is 0.860. The van der Waals surface area contributed by atoms with Gasteiger partial charge in [-0.3, -0.25) is 0 Å². The van der Waals surface area contributed by atoms with Crippen molar-refractivity contribution in [2.45, 2.75) is 0 Å². The van der Waals surface area contributed by atoms with Crippen molar-refractivity contribution >= 4 is 24.8 Å². The van der Waals surface area contributed by atoms with Crippen LogP contribution in [0.1, 0.15) is 0 Å². The zero-order valence-corrected chi connectivity index (χ0v) is 4.27. The Morgan fingerprint density at radius 3 is 1.20 bits per heavy atom. The summed E-state index contributed by atoms with van der Waals surface area (Å²) in [6.45, 7) is 2.00. The molecule has 1 heterocycles. The molecule has 0 radical (unpaired) electrons. The summed E-state index contributed by atoms with van der Waals surface area (Å²) in [5.74, 6) is 0. The van der Waals surface area contributed by atoms with Crippen molar-refractivity contribution in [1.29, 1.82) is 0 Å². The van der Waals surface area contributed by atoms with E-state index < -0.39 is 0 Å². The SMILES string of the molecule is C1CO1.Cl.Cl. The molecule has 0 aliphatic carbocycles. The summed E-state index contributed by atoms with van der Waals surface area (Å²) >= 11 is 0. The number of hydrogen-bond donors (Lipinski definition) is 0. The van der Waals surface area contributed by atoms with Gasteiger partial charge < -0.3 is 4.74 Å². The molecule has 0 atom stereocenters. The summed E-state index contributed by atoms with van der Waals surface area (Å²) in [6, 6.07) is 0. The summed E-state index contributed by atoms with van der Waals surface area (Å²) in [6.07, 6.45) is 0. The molecular weight excluding hydrogens is 111 g/mol. The molecule has 1 aliphatic heterocycles. The number of ether oxygens (including phenoxy) is 1. The molecule has 0 N–H and O–H groups in total. The van der Waals surface area contributed by atoms with Crippen LogP contribution in [0.25, 0.3) is 0 Å². The van der Waals surface area contributed by atoms with Gasteiger partial charge in [0.2, 0.25) is 0 Å². The van der Waals surface area contributed by atoms with Crippen molar-refractivity contribution in [2.75, 3.05) is 13.2 Å². The lowest BCUT2D eigenvalue weighted by Gasteiger charge is -1.24. The Bertz CT molecular complexity index is 12.4. The van der Waals surface area contributed by atoms with E-state index in [-0.39, 0.29) is 24.8 Å². The number of hydrogen-bond acceptors (Lipinski definition) is 1. The molecule has 0 amide bonds. The Kier molecular flexibility index (Phi) is 8.27. The van der Waals surface area contributed by atoms with E-state index in [0.717, 1.165) is 13.2 Å². The molecule has 1 nitrogen and oxygen atoms in total. The van der Waals surface area contributed by atoms with Gasteiger partial charge in [0, 0.05) is 0 Å². The first-order valence-electron chi connectivity index (χ1n) is 1.08. The highest BCUT2D eigenvalue weighted by Crippen LogP contribution is 1.84. The lowest BCUT2D eigenvalue weighted by Crippen LogP contribution is -1.20. The predicted molar refractivity (Wildman–Crippen MR) is 25.3 cm³/mol. The Morgan fingerprint density at radius 1 is 1.00 bits per heavy atom. The van der Waals surface area contributed by atoms with Crippen LogP contribution in [0.2, 0.25) is 0 Å². The molecule has 1 saturated heterocycles. The van der Waals surface area contributed by atoms with Gasteiger partial charge in [-0.15, -0.1) is 24.8 Å². The van der Waals surface area contributed by atoms with Crippen molar-refractivity contribution in [3.05, 3.63) is 0 Å². The maximum Gasteiger partial charge on any atom is 0.0701 e. The monoisotopic (exact) mass is 116 g/mol. The highest BCUT2D eigenvalue weighted by molar-refractivity contribution is 5.85. The smallest absolute Gasteiger partial charge is 0.0701 e. The molecule has 0 aromatic rings. The second kappa shape index (κ2) is 4.54. The lowest BCUT2D eigenvalue weighted by atomic mass is 11.0. The van der Waals surface area contributed by atoms with Crippen molar-refractivity contribution in [3.8, 4) is 0 Å². The lowest BCUT2D eigenvalue weighted by molar-refractivity contribution is 0.475. The minimum atomic E-state index is 0. The zero-order chi connectivity index (χ0) is 2.12. The first kappa shape index (κ1) is 9.11.